The van der Waals surface area contributed by atoms with Gasteiger partial charge in [-0.25, -0.2) is 27.0 Å². The van der Waals surface area contributed by atoms with Crippen LogP contribution in [0.2, 0.25) is 0 Å². The second-order valence-electron chi connectivity index (χ2n) is 8.15. The van der Waals surface area contributed by atoms with Gasteiger partial charge in [-0.15, -0.1) is 11.3 Å². The average molecular weight is 592 g/mol. The van der Waals surface area contributed by atoms with Gasteiger partial charge in [0.1, 0.15) is 17.7 Å². The molecule has 0 spiro atoms. The Morgan fingerprint density at radius 3 is 2.51 bits per heavy atom. The summed E-state index contributed by atoms with van der Waals surface area (Å²) in [6.45, 7) is 5.65. The summed E-state index contributed by atoms with van der Waals surface area (Å²) in [6, 6.07) is 10.9. The quantitative estimate of drug-likeness (QED) is 0.349. The van der Waals surface area contributed by atoms with Gasteiger partial charge in [0, 0.05) is 31.1 Å². The number of rotatable bonds is 8. The number of hydrogen-bond acceptors (Lipinski definition) is 7. The molecule has 8 nitrogen and oxygen atoms in total. The SMILES string of the molecule is C=Cc1c(O[C@H]2CCN(Cc3ccccc3)C2)cc(F)c(S(=O)(=O)Nc2cscn2)c1F.O=C(O)C(F)(F)F. The van der Waals surface area contributed by atoms with E-state index < -0.39 is 38.7 Å². The minimum absolute atomic E-state index is 0.0151. The third kappa shape index (κ3) is 7.97. The van der Waals surface area contributed by atoms with E-state index in [4.69, 9.17) is 14.6 Å². The summed E-state index contributed by atoms with van der Waals surface area (Å²) in [5, 5.41) is 8.54. The van der Waals surface area contributed by atoms with Crippen molar-refractivity contribution in [3.63, 3.8) is 0 Å². The highest BCUT2D eigenvalue weighted by molar-refractivity contribution is 7.92. The molecule has 3 aromatic rings. The minimum atomic E-state index is -5.08. The number of hydrogen-bond donors (Lipinski definition) is 2. The van der Waals surface area contributed by atoms with Gasteiger partial charge >= 0.3 is 12.1 Å². The van der Waals surface area contributed by atoms with Crippen LogP contribution in [0.1, 0.15) is 17.5 Å². The van der Waals surface area contributed by atoms with Gasteiger partial charge < -0.3 is 9.84 Å². The zero-order valence-corrected chi connectivity index (χ0v) is 21.6. The lowest BCUT2D eigenvalue weighted by Crippen LogP contribution is -2.25. The number of ether oxygens (including phenoxy) is 1. The molecule has 0 radical (unpaired) electrons. The fourth-order valence-corrected chi connectivity index (χ4v) is 5.35. The van der Waals surface area contributed by atoms with Crippen LogP contribution in [-0.2, 0) is 21.4 Å². The molecular weight excluding hydrogens is 569 g/mol. The van der Waals surface area contributed by atoms with Gasteiger partial charge in [-0.2, -0.15) is 13.2 Å². The molecule has 39 heavy (non-hydrogen) atoms. The summed E-state index contributed by atoms with van der Waals surface area (Å²) in [5.41, 5.74) is 2.37. The molecule has 0 aliphatic carbocycles. The van der Waals surface area contributed by atoms with Crippen molar-refractivity contribution in [1.82, 2.24) is 9.88 Å². The number of benzene rings is 2. The van der Waals surface area contributed by atoms with Crippen LogP contribution in [0.5, 0.6) is 5.75 Å². The number of likely N-dealkylation sites (tertiary alicyclic amines) is 1. The standard InChI is InChI=1S/C22H21F2N3O3S2.C2HF3O2/c1-2-17-19(30-16-8-9-27(12-16)11-15-6-4-3-5-7-15)10-18(23)22(21(17)24)32(28,29)26-20-13-31-14-25-20;3-2(4,5)1(6)7/h2-7,10,13-14,16,26H,1,8-9,11-12H2;(H,6,7)/t16-;/m0./s1. The average Bonchev–Trinajstić information content (AvgIpc) is 3.51. The summed E-state index contributed by atoms with van der Waals surface area (Å²) in [5.74, 6) is -5.35. The van der Waals surface area contributed by atoms with E-state index in [-0.39, 0.29) is 23.2 Å². The number of anilines is 1. The lowest BCUT2D eigenvalue weighted by molar-refractivity contribution is -0.192. The molecule has 4 rings (SSSR count). The molecule has 2 heterocycles. The molecule has 0 amide bonds. The highest BCUT2D eigenvalue weighted by Gasteiger charge is 2.38. The zero-order valence-electron chi connectivity index (χ0n) is 20.0. The molecule has 2 aromatic carbocycles. The van der Waals surface area contributed by atoms with Gasteiger partial charge in [0.25, 0.3) is 10.0 Å². The van der Waals surface area contributed by atoms with Crippen LogP contribution in [0.4, 0.5) is 27.8 Å². The summed E-state index contributed by atoms with van der Waals surface area (Å²) in [4.78, 5) is 13.8. The Balaban J connectivity index is 0.000000532. The molecule has 0 saturated carbocycles. The first-order chi connectivity index (χ1) is 18.3. The smallest absolute Gasteiger partial charge is 0.488 e. The molecule has 0 unspecified atom stereocenters. The molecule has 1 saturated heterocycles. The van der Waals surface area contributed by atoms with E-state index in [0.29, 0.717) is 13.0 Å². The van der Waals surface area contributed by atoms with Crippen molar-refractivity contribution in [2.45, 2.75) is 30.1 Å². The number of carboxylic acid groups (broad SMARTS) is 1. The van der Waals surface area contributed by atoms with Crippen molar-refractivity contribution in [3.05, 3.63) is 76.6 Å². The second-order valence-corrected chi connectivity index (χ2v) is 10.5. The molecule has 0 bridgehead atoms. The molecule has 1 aliphatic heterocycles. The Morgan fingerprint density at radius 1 is 1.28 bits per heavy atom. The molecule has 2 N–H and O–H groups in total. The summed E-state index contributed by atoms with van der Waals surface area (Å²) >= 11 is 1.15. The fourth-order valence-electron chi connectivity index (χ4n) is 3.64. The van der Waals surface area contributed by atoms with E-state index in [1.807, 2.05) is 30.3 Å². The van der Waals surface area contributed by atoms with Gasteiger partial charge in [-0.3, -0.25) is 9.62 Å². The number of halogens is 5. The number of aromatic nitrogens is 1. The van der Waals surface area contributed by atoms with Crippen LogP contribution in [0.3, 0.4) is 0 Å². The largest absolute Gasteiger partial charge is 0.490 e. The number of nitrogens with zero attached hydrogens (tertiary/aromatic N) is 2. The predicted molar refractivity (Wildman–Crippen MR) is 134 cm³/mol. The van der Waals surface area contributed by atoms with Crippen molar-refractivity contribution in [3.8, 4) is 5.75 Å². The summed E-state index contributed by atoms with van der Waals surface area (Å²) < 4.78 is 94.7. The molecule has 1 fully saturated rings. The number of nitrogens with one attached hydrogen (secondary N) is 1. The van der Waals surface area contributed by atoms with E-state index >= 15 is 4.39 Å². The third-order valence-electron chi connectivity index (χ3n) is 5.33. The number of aliphatic carboxylic acids is 1. The van der Waals surface area contributed by atoms with Crippen LogP contribution in [0.25, 0.3) is 6.08 Å². The number of carbonyl (C=O) groups is 1. The maximum atomic E-state index is 15.1. The Bertz CT molecular complexity index is 1400. The Hall–Kier alpha value is -3.56. The molecule has 1 aliphatic rings. The summed E-state index contributed by atoms with van der Waals surface area (Å²) in [6.07, 6.45) is -3.56. The van der Waals surface area contributed by atoms with Crippen LogP contribution in [-0.4, -0.2) is 54.7 Å². The van der Waals surface area contributed by atoms with Gasteiger partial charge in [0.2, 0.25) is 0 Å². The van der Waals surface area contributed by atoms with Crippen molar-refractivity contribution in [2.24, 2.45) is 0 Å². The highest BCUT2D eigenvalue weighted by atomic mass is 32.2. The van der Waals surface area contributed by atoms with Gasteiger partial charge in [0.15, 0.2) is 16.5 Å². The molecular formula is C24H22F5N3O5S2. The summed E-state index contributed by atoms with van der Waals surface area (Å²) in [7, 11) is -4.53. The minimum Gasteiger partial charge on any atom is -0.488 e. The van der Waals surface area contributed by atoms with E-state index in [0.717, 1.165) is 36.6 Å². The predicted octanol–water partition coefficient (Wildman–Crippen LogP) is 5.15. The molecule has 210 valence electrons. The van der Waals surface area contributed by atoms with Crippen molar-refractivity contribution in [1.29, 1.82) is 0 Å². The van der Waals surface area contributed by atoms with Gasteiger partial charge in [0.05, 0.1) is 11.1 Å². The highest BCUT2D eigenvalue weighted by Crippen LogP contribution is 2.33. The monoisotopic (exact) mass is 591 g/mol. The van der Waals surface area contributed by atoms with Crippen molar-refractivity contribution in [2.75, 3.05) is 17.8 Å². The Morgan fingerprint density at radius 2 is 1.95 bits per heavy atom. The van der Waals surface area contributed by atoms with Crippen LogP contribution >= 0.6 is 11.3 Å². The Kier molecular flexibility index (Phi) is 9.63. The van der Waals surface area contributed by atoms with Crippen LogP contribution in [0, 0.1) is 11.6 Å². The first-order valence-corrected chi connectivity index (χ1v) is 13.5. The maximum Gasteiger partial charge on any atom is 0.490 e. The zero-order chi connectivity index (χ0) is 28.8. The van der Waals surface area contributed by atoms with E-state index in [1.165, 1.54) is 16.5 Å². The first-order valence-electron chi connectivity index (χ1n) is 11.1. The number of thiazole rings is 1. The second kappa shape index (κ2) is 12.5. The lowest BCUT2D eigenvalue weighted by Gasteiger charge is -2.19. The Labute approximate surface area is 224 Å². The molecule has 1 atom stereocenters. The molecule has 1 aromatic heterocycles. The number of carboxylic acids is 1. The van der Waals surface area contributed by atoms with Crippen molar-refractivity contribution < 1.29 is 45.0 Å². The topological polar surface area (TPSA) is 109 Å². The van der Waals surface area contributed by atoms with Crippen molar-refractivity contribution >= 4 is 39.2 Å². The van der Waals surface area contributed by atoms with Crippen LogP contribution in [0.15, 0.2) is 58.8 Å². The normalized spacial score (nSPS) is 15.8. The van der Waals surface area contributed by atoms with E-state index in [9.17, 15) is 26.0 Å². The van der Waals surface area contributed by atoms with Gasteiger partial charge in [-0.1, -0.05) is 43.0 Å². The lowest BCUT2D eigenvalue weighted by atomic mass is 10.1. The van der Waals surface area contributed by atoms with Crippen LogP contribution < -0.4 is 9.46 Å². The fraction of sp³-hybridized carbons (Fsp3) is 0.250. The van der Waals surface area contributed by atoms with E-state index in [1.54, 1.807) is 0 Å². The number of sulfonamides is 1. The number of alkyl halides is 3. The van der Waals surface area contributed by atoms with Gasteiger partial charge in [-0.05, 0) is 12.0 Å². The molecule has 15 heteroatoms. The first kappa shape index (κ1) is 30.0. The third-order valence-corrected chi connectivity index (χ3v) is 7.31. The maximum absolute atomic E-state index is 15.1. The van der Waals surface area contributed by atoms with E-state index in [2.05, 4.69) is 21.2 Å².